The third-order valence-corrected chi connectivity index (χ3v) is 2.13. The SMILES string of the molecule is CC.Cc1ccc(-n2ccnc2)c(C)c1. The van der Waals surface area contributed by atoms with E-state index in [2.05, 4.69) is 37.0 Å². The summed E-state index contributed by atoms with van der Waals surface area (Å²) in [4.78, 5) is 4.03. The minimum absolute atomic E-state index is 1.20. The first kappa shape index (κ1) is 11.5. The minimum atomic E-state index is 1.20. The van der Waals surface area contributed by atoms with Crippen LogP contribution in [0, 0.1) is 13.8 Å². The van der Waals surface area contributed by atoms with Gasteiger partial charge >= 0.3 is 0 Å². The van der Waals surface area contributed by atoms with Crippen LogP contribution < -0.4 is 0 Å². The quantitative estimate of drug-likeness (QED) is 0.692. The average molecular weight is 202 g/mol. The van der Waals surface area contributed by atoms with Gasteiger partial charge in [0.05, 0.1) is 6.33 Å². The monoisotopic (exact) mass is 202 g/mol. The standard InChI is InChI=1S/C11H12N2.C2H6/c1-9-3-4-11(10(2)7-9)13-6-5-12-8-13;1-2/h3-8H,1-2H3;1-2H3. The predicted molar refractivity (Wildman–Crippen MR) is 64.4 cm³/mol. The van der Waals surface area contributed by atoms with Crippen molar-refractivity contribution in [3.05, 3.63) is 48.0 Å². The zero-order chi connectivity index (χ0) is 11.3. The first-order chi connectivity index (χ1) is 7.27. The summed E-state index contributed by atoms with van der Waals surface area (Å²) >= 11 is 0. The van der Waals surface area contributed by atoms with Crippen molar-refractivity contribution >= 4 is 0 Å². The molecule has 2 nitrogen and oxygen atoms in total. The van der Waals surface area contributed by atoms with E-state index in [0.29, 0.717) is 0 Å². The fourth-order valence-electron chi connectivity index (χ4n) is 1.50. The molecule has 0 saturated heterocycles. The molecule has 2 heteroatoms. The molecule has 0 atom stereocenters. The Morgan fingerprint density at radius 1 is 1.13 bits per heavy atom. The second-order valence-electron chi connectivity index (χ2n) is 3.26. The molecule has 0 bridgehead atoms. The van der Waals surface area contributed by atoms with Crippen LogP contribution in [0.2, 0.25) is 0 Å². The van der Waals surface area contributed by atoms with Crippen LogP contribution in [0.4, 0.5) is 0 Å². The third-order valence-electron chi connectivity index (χ3n) is 2.13. The Labute approximate surface area is 91.6 Å². The van der Waals surface area contributed by atoms with E-state index in [4.69, 9.17) is 0 Å². The van der Waals surface area contributed by atoms with E-state index >= 15 is 0 Å². The van der Waals surface area contributed by atoms with Crippen LogP contribution in [-0.2, 0) is 0 Å². The van der Waals surface area contributed by atoms with Crippen molar-refractivity contribution in [1.82, 2.24) is 9.55 Å². The molecule has 0 saturated carbocycles. The van der Waals surface area contributed by atoms with Gasteiger partial charge in [-0.3, -0.25) is 0 Å². The van der Waals surface area contributed by atoms with Crippen LogP contribution in [0.3, 0.4) is 0 Å². The summed E-state index contributed by atoms with van der Waals surface area (Å²) in [6, 6.07) is 6.41. The fourth-order valence-corrected chi connectivity index (χ4v) is 1.50. The molecule has 1 aromatic heterocycles. The van der Waals surface area contributed by atoms with E-state index in [9.17, 15) is 0 Å². The molecule has 2 aromatic rings. The summed E-state index contributed by atoms with van der Waals surface area (Å²) in [5.41, 5.74) is 3.77. The average Bonchev–Trinajstić information content (AvgIpc) is 2.74. The fraction of sp³-hybridized carbons (Fsp3) is 0.308. The van der Waals surface area contributed by atoms with Gasteiger partial charge in [0.1, 0.15) is 0 Å². The van der Waals surface area contributed by atoms with Crippen molar-refractivity contribution in [2.45, 2.75) is 27.7 Å². The highest BCUT2D eigenvalue weighted by atomic mass is 15.0. The smallest absolute Gasteiger partial charge is 0.0991 e. The Balaban J connectivity index is 0.000000531. The lowest BCUT2D eigenvalue weighted by atomic mass is 10.1. The van der Waals surface area contributed by atoms with Gasteiger partial charge in [-0.25, -0.2) is 4.98 Å². The first-order valence-electron chi connectivity index (χ1n) is 5.33. The molecule has 0 aliphatic heterocycles. The highest BCUT2D eigenvalue weighted by Crippen LogP contribution is 2.14. The van der Waals surface area contributed by atoms with Gasteiger partial charge in [0, 0.05) is 18.1 Å². The molecule has 0 aliphatic rings. The predicted octanol–water partition coefficient (Wildman–Crippen LogP) is 3.52. The van der Waals surface area contributed by atoms with Crippen LogP contribution in [0.1, 0.15) is 25.0 Å². The van der Waals surface area contributed by atoms with Gasteiger partial charge < -0.3 is 4.57 Å². The van der Waals surface area contributed by atoms with E-state index in [1.807, 2.05) is 30.9 Å². The Hall–Kier alpha value is -1.57. The molecule has 0 unspecified atom stereocenters. The number of imidazole rings is 1. The van der Waals surface area contributed by atoms with E-state index in [1.54, 1.807) is 6.20 Å². The summed E-state index contributed by atoms with van der Waals surface area (Å²) in [5.74, 6) is 0. The van der Waals surface area contributed by atoms with Crippen molar-refractivity contribution in [3.8, 4) is 5.69 Å². The van der Waals surface area contributed by atoms with E-state index in [-0.39, 0.29) is 0 Å². The van der Waals surface area contributed by atoms with E-state index < -0.39 is 0 Å². The molecule has 1 aromatic carbocycles. The van der Waals surface area contributed by atoms with Crippen LogP contribution >= 0.6 is 0 Å². The molecule has 0 amide bonds. The molecule has 2 rings (SSSR count). The Kier molecular flexibility index (Phi) is 4.10. The van der Waals surface area contributed by atoms with Crippen LogP contribution in [0.15, 0.2) is 36.9 Å². The van der Waals surface area contributed by atoms with Gasteiger partial charge in [0.25, 0.3) is 0 Å². The summed E-state index contributed by atoms with van der Waals surface area (Å²) < 4.78 is 2.02. The van der Waals surface area contributed by atoms with Crippen molar-refractivity contribution in [1.29, 1.82) is 0 Å². The number of aromatic nitrogens is 2. The molecule has 15 heavy (non-hydrogen) atoms. The number of rotatable bonds is 1. The number of aryl methyl sites for hydroxylation is 2. The lowest BCUT2D eigenvalue weighted by molar-refractivity contribution is 1.04. The zero-order valence-electron chi connectivity index (χ0n) is 9.86. The normalized spacial score (nSPS) is 9.33. The Bertz CT molecular complexity index is 402. The van der Waals surface area contributed by atoms with Crippen molar-refractivity contribution in [3.63, 3.8) is 0 Å². The Morgan fingerprint density at radius 3 is 2.40 bits per heavy atom. The van der Waals surface area contributed by atoms with Crippen molar-refractivity contribution < 1.29 is 0 Å². The summed E-state index contributed by atoms with van der Waals surface area (Å²) in [6.45, 7) is 8.22. The van der Waals surface area contributed by atoms with Gasteiger partial charge in [-0.1, -0.05) is 31.5 Å². The number of hydrogen-bond acceptors (Lipinski definition) is 1. The Morgan fingerprint density at radius 2 is 1.87 bits per heavy atom. The van der Waals surface area contributed by atoms with Gasteiger partial charge in [0.2, 0.25) is 0 Å². The van der Waals surface area contributed by atoms with Crippen LogP contribution in [0.25, 0.3) is 5.69 Å². The molecular formula is C13H18N2. The van der Waals surface area contributed by atoms with Gasteiger partial charge in [0.15, 0.2) is 0 Å². The maximum atomic E-state index is 4.03. The van der Waals surface area contributed by atoms with Crippen molar-refractivity contribution in [2.24, 2.45) is 0 Å². The minimum Gasteiger partial charge on any atom is -0.306 e. The number of hydrogen-bond donors (Lipinski definition) is 0. The lowest BCUT2D eigenvalue weighted by Gasteiger charge is -2.06. The third kappa shape index (κ3) is 2.69. The summed E-state index contributed by atoms with van der Waals surface area (Å²) in [6.07, 6.45) is 5.56. The molecule has 80 valence electrons. The lowest BCUT2D eigenvalue weighted by Crippen LogP contribution is -1.93. The number of nitrogens with zero attached hydrogens (tertiary/aromatic N) is 2. The van der Waals surface area contributed by atoms with Gasteiger partial charge in [-0.15, -0.1) is 0 Å². The van der Waals surface area contributed by atoms with Crippen LogP contribution in [0.5, 0.6) is 0 Å². The molecule has 0 aliphatic carbocycles. The molecular weight excluding hydrogens is 184 g/mol. The molecule has 0 fully saturated rings. The van der Waals surface area contributed by atoms with Crippen molar-refractivity contribution in [2.75, 3.05) is 0 Å². The second-order valence-corrected chi connectivity index (χ2v) is 3.26. The topological polar surface area (TPSA) is 17.8 Å². The zero-order valence-corrected chi connectivity index (χ0v) is 9.86. The highest BCUT2D eigenvalue weighted by molar-refractivity contribution is 5.42. The van der Waals surface area contributed by atoms with E-state index in [0.717, 1.165) is 0 Å². The van der Waals surface area contributed by atoms with E-state index in [1.165, 1.54) is 16.8 Å². The first-order valence-corrected chi connectivity index (χ1v) is 5.33. The molecule has 0 radical (unpaired) electrons. The number of benzene rings is 1. The maximum absolute atomic E-state index is 4.03. The molecule has 0 spiro atoms. The summed E-state index contributed by atoms with van der Waals surface area (Å²) in [5, 5.41) is 0. The van der Waals surface area contributed by atoms with Gasteiger partial charge in [-0.05, 0) is 25.5 Å². The molecule has 1 heterocycles. The van der Waals surface area contributed by atoms with Crippen LogP contribution in [-0.4, -0.2) is 9.55 Å². The van der Waals surface area contributed by atoms with Gasteiger partial charge in [-0.2, -0.15) is 0 Å². The second kappa shape index (κ2) is 5.35. The summed E-state index contributed by atoms with van der Waals surface area (Å²) in [7, 11) is 0. The highest BCUT2D eigenvalue weighted by Gasteiger charge is 1.98. The largest absolute Gasteiger partial charge is 0.306 e. The maximum Gasteiger partial charge on any atom is 0.0991 e. The molecule has 0 N–H and O–H groups in total.